The van der Waals surface area contributed by atoms with Crippen LogP contribution in [0.2, 0.25) is 0 Å². The predicted molar refractivity (Wildman–Crippen MR) is 78.8 cm³/mol. The third-order valence-electron chi connectivity index (χ3n) is 4.27. The van der Waals surface area contributed by atoms with E-state index in [2.05, 4.69) is 23.7 Å². The van der Waals surface area contributed by atoms with Gasteiger partial charge in [-0.15, -0.1) is 11.3 Å². The Morgan fingerprint density at radius 1 is 1.42 bits per heavy atom. The zero-order valence-electron chi connectivity index (χ0n) is 11.5. The zero-order chi connectivity index (χ0) is 13.4. The van der Waals surface area contributed by atoms with Crippen LogP contribution in [-0.2, 0) is 6.61 Å². The normalized spacial score (nSPS) is 17.8. The molecule has 0 radical (unpaired) electrons. The minimum absolute atomic E-state index is 0.0529. The second kappa shape index (κ2) is 5.13. The lowest BCUT2D eigenvalue weighted by molar-refractivity contribution is 0.274. The maximum absolute atomic E-state index is 9.61. The standard InChI is InChI=1S/C14H21N3OS/c1-10(2)11-3-5-16(6-4-11)13-12(9-18)17-7-8-19-14(17)15-13/h7-8,10-11,18H,3-6,9H2,1-2H3. The first-order chi connectivity index (χ1) is 9.20. The number of aliphatic hydroxyl groups is 1. The van der Waals surface area contributed by atoms with Crippen molar-refractivity contribution in [2.45, 2.75) is 33.3 Å². The Bertz CT molecular complexity index is 552. The molecule has 4 nitrogen and oxygen atoms in total. The molecule has 0 atom stereocenters. The number of rotatable bonds is 3. The van der Waals surface area contributed by atoms with Gasteiger partial charge in [-0.05, 0) is 24.7 Å². The first kappa shape index (κ1) is 12.9. The van der Waals surface area contributed by atoms with Crippen LogP contribution in [0.1, 0.15) is 32.4 Å². The summed E-state index contributed by atoms with van der Waals surface area (Å²) in [6.07, 6.45) is 4.45. The van der Waals surface area contributed by atoms with Gasteiger partial charge in [0, 0.05) is 24.7 Å². The molecule has 19 heavy (non-hydrogen) atoms. The van der Waals surface area contributed by atoms with Crippen LogP contribution in [0.5, 0.6) is 0 Å². The summed E-state index contributed by atoms with van der Waals surface area (Å²) >= 11 is 1.62. The monoisotopic (exact) mass is 279 g/mol. The van der Waals surface area contributed by atoms with Gasteiger partial charge in [0.25, 0.3) is 0 Å². The predicted octanol–water partition coefficient (Wildman–Crippen LogP) is 2.76. The highest BCUT2D eigenvalue weighted by Crippen LogP contribution is 2.30. The second-order valence-corrected chi connectivity index (χ2v) is 6.54. The van der Waals surface area contributed by atoms with E-state index >= 15 is 0 Å². The summed E-state index contributed by atoms with van der Waals surface area (Å²) < 4.78 is 2.01. The van der Waals surface area contributed by atoms with E-state index in [1.54, 1.807) is 11.3 Å². The molecule has 0 unspecified atom stereocenters. The number of anilines is 1. The van der Waals surface area contributed by atoms with Gasteiger partial charge < -0.3 is 10.0 Å². The third-order valence-corrected chi connectivity index (χ3v) is 5.03. The first-order valence-electron chi connectivity index (χ1n) is 7.01. The lowest BCUT2D eigenvalue weighted by Crippen LogP contribution is -2.36. The Morgan fingerprint density at radius 2 is 2.16 bits per heavy atom. The lowest BCUT2D eigenvalue weighted by atomic mass is 9.87. The van der Waals surface area contributed by atoms with Crippen LogP contribution >= 0.6 is 11.3 Å². The number of thiazole rings is 1. The Balaban J connectivity index is 1.83. The highest BCUT2D eigenvalue weighted by molar-refractivity contribution is 7.15. The SMILES string of the molecule is CC(C)C1CCN(c2nc3sccn3c2CO)CC1. The molecule has 1 aliphatic heterocycles. The largest absolute Gasteiger partial charge is 0.390 e. The summed E-state index contributed by atoms with van der Waals surface area (Å²) in [7, 11) is 0. The molecule has 0 saturated carbocycles. The highest BCUT2D eigenvalue weighted by Gasteiger charge is 2.25. The average Bonchev–Trinajstić information content (AvgIpc) is 2.98. The Hall–Kier alpha value is -1.07. The van der Waals surface area contributed by atoms with E-state index in [1.165, 1.54) is 12.8 Å². The molecule has 1 fully saturated rings. The average molecular weight is 279 g/mol. The second-order valence-electron chi connectivity index (χ2n) is 5.66. The van der Waals surface area contributed by atoms with Crippen molar-refractivity contribution in [3.8, 4) is 0 Å². The van der Waals surface area contributed by atoms with Gasteiger partial charge in [0.05, 0.1) is 12.3 Å². The molecule has 3 heterocycles. The van der Waals surface area contributed by atoms with E-state index in [9.17, 15) is 5.11 Å². The maximum Gasteiger partial charge on any atom is 0.195 e. The zero-order valence-corrected chi connectivity index (χ0v) is 12.4. The van der Waals surface area contributed by atoms with Crippen LogP contribution in [-0.4, -0.2) is 27.6 Å². The minimum atomic E-state index is 0.0529. The fraction of sp³-hybridized carbons (Fsp3) is 0.643. The van der Waals surface area contributed by atoms with Gasteiger partial charge in [0.1, 0.15) is 0 Å². The Kier molecular flexibility index (Phi) is 3.50. The molecule has 1 saturated heterocycles. The summed E-state index contributed by atoms with van der Waals surface area (Å²) in [5.74, 6) is 2.58. The van der Waals surface area contributed by atoms with E-state index in [4.69, 9.17) is 0 Å². The molecule has 0 amide bonds. The molecule has 1 N–H and O–H groups in total. The summed E-state index contributed by atoms with van der Waals surface area (Å²) in [6.45, 7) is 6.79. The quantitative estimate of drug-likeness (QED) is 0.939. The van der Waals surface area contributed by atoms with Crippen molar-refractivity contribution in [3.63, 3.8) is 0 Å². The van der Waals surface area contributed by atoms with Crippen molar-refractivity contribution >= 4 is 22.1 Å². The van der Waals surface area contributed by atoms with Gasteiger partial charge in [-0.3, -0.25) is 4.40 Å². The van der Waals surface area contributed by atoms with Crippen LogP contribution < -0.4 is 4.90 Å². The van der Waals surface area contributed by atoms with Crippen molar-refractivity contribution < 1.29 is 5.11 Å². The van der Waals surface area contributed by atoms with Crippen LogP contribution in [0.3, 0.4) is 0 Å². The van der Waals surface area contributed by atoms with E-state index in [-0.39, 0.29) is 6.61 Å². The van der Waals surface area contributed by atoms with Crippen molar-refractivity contribution in [1.29, 1.82) is 0 Å². The maximum atomic E-state index is 9.61. The molecule has 104 valence electrons. The number of aromatic nitrogens is 2. The van der Waals surface area contributed by atoms with Crippen molar-refractivity contribution in [1.82, 2.24) is 9.38 Å². The molecule has 0 aromatic carbocycles. The van der Waals surface area contributed by atoms with E-state index < -0.39 is 0 Å². The summed E-state index contributed by atoms with van der Waals surface area (Å²) in [6, 6.07) is 0. The molecule has 5 heteroatoms. The molecule has 0 spiro atoms. The van der Waals surface area contributed by atoms with Gasteiger partial charge in [-0.1, -0.05) is 13.8 Å². The molecule has 0 bridgehead atoms. The number of fused-ring (bicyclic) bond motifs is 1. The van der Waals surface area contributed by atoms with E-state index in [1.807, 2.05) is 16.0 Å². The molecule has 2 aromatic heterocycles. The van der Waals surface area contributed by atoms with Crippen LogP contribution in [0.25, 0.3) is 4.96 Å². The number of nitrogens with zero attached hydrogens (tertiary/aromatic N) is 3. The third kappa shape index (κ3) is 2.25. The van der Waals surface area contributed by atoms with Gasteiger partial charge in [0.2, 0.25) is 0 Å². The smallest absolute Gasteiger partial charge is 0.195 e. The fourth-order valence-corrected chi connectivity index (χ4v) is 3.73. The highest BCUT2D eigenvalue weighted by atomic mass is 32.1. The molecular formula is C14H21N3OS. The molecule has 0 aliphatic carbocycles. The first-order valence-corrected chi connectivity index (χ1v) is 7.89. The van der Waals surface area contributed by atoms with Crippen LogP contribution in [0.15, 0.2) is 11.6 Å². The summed E-state index contributed by atoms with van der Waals surface area (Å²) in [5.41, 5.74) is 0.930. The van der Waals surface area contributed by atoms with Gasteiger partial charge in [-0.25, -0.2) is 4.98 Å². The minimum Gasteiger partial charge on any atom is -0.390 e. The number of hydrogen-bond acceptors (Lipinski definition) is 4. The van der Waals surface area contributed by atoms with E-state index in [0.29, 0.717) is 0 Å². The van der Waals surface area contributed by atoms with Crippen LogP contribution in [0.4, 0.5) is 5.82 Å². The van der Waals surface area contributed by atoms with Crippen molar-refractivity contribution in [2.24, 2.45) is 11.8 Å². The van der Waals surface area contributed by atoms with Gasteiger partial charge >= 0.3 is 0 Å². The summed E-state index contributed by atoms with van der Waals surface area (Å²) in [4.78, 5) is 8.00. The lowest BCUT2D eigenvalue weighted by Gasteiger charge is -2.34. The molecular weight excluding hydrogens is 258 g/mol. The number of aliphatic hydroxyl groups excluding tert-OH is 1. The van der Waals surface area contributed by atoms with Crippen LogP contribution in [0, 0.1) is 11.8 Å². The van der Waals surface area contributed by atoms with Crippen molar-refractivity contribution in [3.05, 3.63) is 17.3 Å². The topological polar surface area (TPSA) is 40.8 Å². The Morgan fingerprint density at radius 3 is 2.79 bits per heavy atom. The number of hydrogen-bond donors (Lipinski definition) is 1. The molecule has 2 aromatic rings. The molecule has 1 aliphatic rings. The Labute approximate surface area is 117 Å². The number of imidazole rings is 1. The molecule has 3 rings (SSSR count). The van der Waals surface area contributed by atoms with E-state index in [0.717, 1.165) is 41.4 Å². The van der Waals surface area contributed by atoms with Gasteiger partial charge in [0.15, 0.2) is 10.8 Å². The fourth-order valence-electron chi connectivity index (χ4n) is 3.00. The number of piperidine rings is 1. The van der Waals surface area contributed by atoms with Crippen molar-refractivity contribution in [2.75, 3.05) is 18.0 Å². The van der Waals surface area contributed by atoms with Gasteiger partial charge in [-0.2, -0.15) is 0 Å². The summed E-state index contributed by atoms with van der Waals surface area (Å²) in [5, 5.41) is 11.6.